The molecule has 1 saturated heterocycles. The Kier molecular flexibility index (Phi) is 9.56. The van der Waals surface area contributed by atoms with Crippen LogP contribution in [0.15, 0.2) is 12.1 Å². The third-order valence-electron chi connectivity index (χ3n) is 5.28. The summed E-state index contributed by atoms with van der Waals surface area (Å²) in [6.07, 6.45) is -5.28. The number of ether oxygens (including phenoxy) is 2. The molecule has 10 heteroatoms. The highest BCUT2D eigenvalue weighted by molar-refractivity contribution is 5.99. The second-order valence-corrected chi connectivity index (χ2v) is 8.26. The summed E-state index contributed by atoms with van der Waals surface area (Å²) in [6, 6.07) is 2.87. The molecule has 2 amide bonds. The molecule has 6 N–H and O–H groups in total. The standard InChI is InChI=1S/C22H34N2O8/c1-11-5-12(2)20(13(3)6-11)22(30)23-9-18(29)24-21-16(28)8-19(31-14(4)26)32-17(21)7-15(27)10-25/h5-6,14-17,19,21,25-28H,7-10H2,1-4H3,(H,23,30)(H,24,29). The largest absolute Gasteiger partial charge is 0.394 e. The molecule has 6 atom stereocenters. The molecule has 1 aliphatic rings. The quantitative estimate of drug-likeness (QED) is 0.270. The number of hydrogen-bond acceptors (Lipinski definition) is 8. The van der Waals surface area contributed by atoms with Gasteiger partial charge in [-0.25, -0.2) is 0 Å². The number of carbonyl (C=O) groups excluding carboxylic acids is 2. The maximum Gasteiger partial charge on any atom is 0.252 e. The van der Waals surface area contributed by atoms with Crippen LogP contribution >= 0.6 is 0 Å². The van der Waals surface area contributed by atoms with E-state index in [1.165, 1.54) is 6.92 Å². The fourth-order valence-corrected chi connectivity index (χ4v) is 3.99. The molecule has 2 rings (SSSR count). The molecule has 1 aromatic carbocycles. The zero-order chi connectivity index (χ0) is 24.0. The summed E-state index contributed by atoms with van der Waals surface area (Å²) in [5.74, 6) is -0.931. The van der Waals surface area contributed by atoms with Gasteiger partial charge in [0.05, 0.1) is 37.5 Å². The summed E-state index contributed by atoms with van der Waals surface area (Å²) < 4.78 is 10.9. The number of aliphatic hydroxyl groups is 4. The Morgan fingerprint density at radius 3 is 2.41 bits per heavy atom. The van der Waals surface area contributed by atoms with E-state index in [1.807, 2.05) is 32.9 Å². The molecule has 32 heavy (non-hydrogen) atoms. The molecule has 0 aliphatic carbocycles. The Balaban J connectivity index is 2.02. The lowest BCUT2D eigenvalue weighted by Gasteiger charge is -2.40. The van der Waals surface area contributed by atoms with Gasteiger partial charge < -0.3 is 40.5 Å². The van der Waals surface area contributed by atoms with Crippen molar-refractivity contribution in [2.45, 2.75) is 77.5 Å². The Hall–Kier alpha value is -2.08. The minimum Gasteiger partial charge on any atom is -0.394 e. The van der Waals surface area contributed by atoms with Gasteiger partial charge in [0.15, 0.2) is 12.6 Å². The van der Waals surface area contributed by atoms with Gasteiger partial charge in [0.2, 0.25) is 5.91 Å². The van der Waals surface area contributed by atoms with E-state index in [1.54, 1.807) is 0 Å². The lowest BCUT2D eigenvalue weighted by Crippen LogP contribution is -2.59. The maximum atomic E-state index is 12.6. The van der Waals surface area contributed by atoms with Gasteiger partial charge >= 0.3 is 0 Å². The van der Waals surface area contributed by atoms with Crippen LogP contribution in [0.5, 0.6) is 0 Å². The molecule has 1 heterocycles. The van der Waals surface area contributed by atoms with Crippen LogP contribution in [0.4, 0.5) is 0 Å². The van der Waals surface area contributed by atoms with Crippen molar-refractivity contribution in [1.29, 1.82) is 0 Å². The number of amides is 2. The normalized spacial score (nSPS) is 25.1. The van der Waals surface area contributed by atoms with Crippen LogP contribution in [0.25, 0.3) is 0 Å². The zero-order valence-corrected chi connectivity index (χ0v) is 18.9. The van der Waals surface area contributed by atoms with Gasteiger partial charge in [0.1, 0.15) is 0 Å². The van der Waals surface area contributed by atoms with Crippen molar-refractivity contribution < 1.29 is 39.5 Å². The van der Waals surface area contributed by atoms with Crippen LogP contribution in [0.2, 0.25) is 0 Å². The molecule has 0 saturated carbocycles. The molecule has 1 aromatic rings. The molecule has 0 spiro atoms. The molecule has 6 unspecified atom stereocenters. The summed E-state index contributed by atoms with van der Waals surface area (Å²) in [5, 5.41) is 44.1. The van der Waals surface area contributed by atoms with Crippen LogP contribution in [-0.2, 0) is 14.3 Å². The first kappa shape index (κ1) is 26.2. The third-order valence-corrected chi connectivity index (χ3v) is 5.28. The van der Waals surface area contributed by atoms with Crippen molar-refractivity contribution in [3.8, 4) is 0 Å². The molecule has 0 radical (unpaired) electrons. The Bertz CT molecular complexity index is 777. The van der Waals surface area contributed by atoms with Crippen molar-refractivity contribution >= 4 is 11.8 Å². The van der Waals surface area contributed by atoms with Crippen LogP contribution in [0, 0.1) is 20.8 Å². The molecular weight excluding hydrogens is 420 g/mol. The maximum absolute atomic E-state index is 12.6. The lowest BCUT2D eigenvalue weighted by atomic mass is 9.94. The van der Waals surface area contributed by atoms with Gasteiger partial charge in [-0.05, 0) is 38.8 Å². The number of nitrogens with one attached hydrogen (secondary N) is 2. The van der Waals surface area contributed by atoms with Gasteiger partial charge in [0.25, 0.3) is 5.91 Å². The number of aryl methyl sites for hydroxylation is 3. The minimum absolute atomic E-state index is 0.0182. The van der Waals surface area contributed by atoms with E-state index in [0.29, 0.717) is 5.56 Å². The van der Waals surface area contributed by atoms with Gasteiger partial charge in [-0.2, -0.15) is 0 Å². The minimum atomic E-state index is -1.14. The summed E-state index contributed by atoms with van der Waals surface area (Å²) in [4.78, 5) is 25.1. The average Bonchev–Trinajstić information content (AvgIpc) is 2.67. The van der Waals surface area contributed by atoms with Crippen molar-refractivity contribution in [2.24, 2.45) is 0 Å². The monoisotopic (exact) mass is 454 g/mol. The molecule has 1 fully saturated rings. The molecule has 0 aromatic heterocycles. The fourth-order valence-electron chi connectivity index (χ4n) is 3.99. The van der Waals surface area contributed by atoms with E-state index in [9.17, 15) is 24.9 Å². The molecular formula is C22H34N2O8. The van der Waals surface area contributed by atoms with Crippen molar-refractivity contribution in [3.63, 3.8) is 0 Å². The van der Waals surface area contributed by atoms with Crippen LogP contribution in [0.1, 0.15) is 46.8 Å². The van der Waals surface area contributed by atoms with E-state index >= 15 is 0 Å². The predicted octanol–water partition coefficient (Wildman–Crippen LogP) is -0.599. The van der Waals surface area contributed by atoms with Crippen LogP contribution in [0.3, 0.4) is 0 Å². The van der Waals surface area contributed by atoms with Crippen molar-refractivity contribution in [1.82, 2.24) is 10.6 Å². The van der Waals surface area contributed by atoms with Crippen LogP contribution in [-0.4, -0.2) is 82.3 Å². The first-order valence-corrected chi connectivity index (χ1v) is 10.6. The Labute approximate surface area is 187 Å². The first-order chi connectivity index (χ1) is 15.0. The van der Waals surface area contributed by atoms with Gasteiger partial charge in [0, 0.05) is 18.4 Å². The topological polar surface area (TPSA) is 158 Å². The smallest absolute Gasteiger partial charge is 0.252 e. The van der Waals surface area contributed by atoms with Crippen molar-refractivity contribution in [3.05, 3.63) is 34.4 Å². The second kappa shape index (κ2) is 11.7. The van der Waals surface area contributed by atoms with E-state index in [-0.39, 0.29) is 25.3 Å². The lowest BCUT2D eigenvalue weighted by molar-refractivity contribution is -0.274. The Morgan fingerprint density at radius 2 is 1.84 bits per heavy atom. The van der Waals surface area contributed by atoms with E-state index in [2.05, 4.69) is 10.6 Å². The third kappa shape index (κ3) is 7.22. The molecule has 180 valence electrons. The average molecular weight is 455 g/mol. The van der Waals surface area contributed by atoms with Crippen LogP contribution < -0.4 is 10.6 Å². The van der Waals surface area contributed by atoms with Gasteiger partial charge in [-0.3, -0.25) is 9.59 Å². The number of rotatable bonds is 9. The van der Waals surface area contributed by atoms with E-state index < -0.39 is 49.4 Å². The van der Waals surface area contributed by atoms with Gasteiger partial charge in [-0.1, -0.05) is 17.7 Å². The number of hydrogen-bond donors (Lipinski definition) is 6. The summed E-state index contributed by atoms with van der Waals surface area (Å²) >= 11 is 0. The molecule has 0 bridgehead atoms. The second-order valence-electron chi connectivity index (χ2n) is 8.26. The summed E-state index contributed by atoms with van der Waals surface area (Å²) in [5.41, 5.74) is 3.15. The fraction of sp³-hybridized carbons (Fsp3) is 0.636. The van der Waals surface area contributed by atoms with E-state index in [4.69, 9.17) is 14.6 Å². The zero-order valence-electron chi connectivity index (χ0n) is 18.9. The highest BCUT2D eigenvalue weighted by Gasteiger charge is 2.40. The first-order valence-electron chi connectivity index (χ1n) is 10.6. The molecule has 10 nitrogen and oxygen atoms in total. The number of aliphatic hydroxyl groups excluding tert-OH is 4. The summed E-state index contributed by atoms with van der Waals surface area (Å²) in [7, 11) is 0. The van der Waals surface area contributed by atoms with Gasteiger partial charge in [-0.15, -0.1) is 0 Å². The number of carbonyl (C=O) groups is 2. The Morgan fingerprint density at radius 1 is 1.22 bits per heavy atom. The summed E-state index contributed by atoms with van der Waals surface area (Å²) in [6.45, 7) is 6.14. The highest BCUT2D eigenvalue weighted by Crippen LogP contribution is 2.25. The van der Waals surface area contributed by atoms with E-state index in [0.717, 1.165) is 16.7 Å². The predicted molar refractivity (Wildman–Crippen MR) is 115 cm³/mol. The SMILES string of the molecule is Cc1cc(C)c(C(=O)NCC(=O)NC2C(O)CC(OC(C)O)OC2CC(O)CO)c(C)c1. The number of benzene rings is 1. The molecule has 1 aliphatic heterocycles. The highest BCUT2D eigenvalue weighted by atomic mass is 16.7. The van der Waals surface area contributed by atoms with Crippen molar-refractivity contribution in [2.75, 3.05) is 13.2 Å².